The molecule has 44 heavy (non-hydrogen) atoms. The standard InChI is InChI=1S/C37H49O6P/c1-5-28(3)40-25-9-7-8-11-30-13-15-31(16-14-30)27-44-35-23-21-34(22-24-35)43-37(39)32-17-19-33(20-18-32)42-36(38)12-10-26-41-29(4)6-2/h13,15-17,19,21-24,30,44H,3-12,14,18,20,25-27H2,1-2H3. The van der Waals surface area contributed by atoms with Gasteiger partial charge in [0.2, 0.25) is 0 Å². The third-order valence-electron chi connectivity index (χ3n) is 7.59. The lowest BCUT2D eigenvalue weighted by molar-refractivity contribution is -0.140. The lowest BCUT2D eigenvalue weighted by atomic mass is 9.92. The summed E-state index contributed by atoms with van der Waals surface area (Å²) in [5, 5.41) is 1.24. The molecule has 0 N–H and O–H groups in total. The van der Waals surface area contributed by atoms with Gasteiger partial charge in [0.15, 0.2) is 0 Å². The van der Waals surface area contributed by atoms with E-state index in [1.807, 2.05) is 31.2 Å². The summed E-state index contributed by atoms with van der Waals surface area (Å²) in [7, 11) is 0.663. The van der Waals surface area contributed by atoms with Crippen molar-refractivity contribution in [3.63, 3.8) is 0 Å². The molecule has 238 valence electrons. The van der Waals surface area contributed by atoms with Crippen molar-refractivity contribution in [3.05, 3.63) is 96.2 Å². The Hall–Kier alpha value is -3.37. The van der Waals surface area contributed by atoms with E-state index in [1.54, 1.807) is 12.2 Å². The summed E-state index contributed by atoms with van der Waals surface area (Å²) < 4.78 is 22.0. The minimum absolute atomic E-state index is 0.270. The summed E-state index contributed by atoms with van der Waals surface area (Å²) in [6, 6.07) is 7.78. The Morgan fingerprint density at radius 1 is 0.886 bits per heavy atom. The van der Waals surface area contributed by atoms with Crippen LogP contribution >= 0.6 is 8.58 Å². The van der Waals surface area contributed by atoms with Gasteiger partial charge in [-0.25, -0.2) is 4.79 Å². The molecule has 0 bridgehead atoms. The van der Waals surface area contributed by atoms with Gasteiger partial charge >= 0.3 is 11.9 Å². The first-order valence-corrected chi connectivity index (χ1v) is 17.2. The van der Waals surface area contributed by atoms with Crippen molar-refractivity contribution >= 4 is 25.8 Å². The first-order chi connectivity index (χ1) is 21.4. The largest absolute Gasteiger partial charge is 0.499 e. The van der Waals surface area contributed by atoms with Crippen LogP contribution in [0, 0.1) is 5.92 Å². The van der Waals surface area contributed by atoms with Crippen molar-refractivity contribution < 1.29 is 28.5 Å². The van der Waals surface area contributed by atoms with Crippen LogP contribution in [0.1, 0.15) is 84.5 Å². The molecule has 7 heteroatoms. The van der Waals surface area contributed by atoms with Crippen LogP contribution in [0.2, 0.25) is 0 Å². The van der Waals surface area contributed by atoms with Gasteiger partial charge in [0, 0.05) is 31.3 Å². The first kappa shape index (κ1) is 35.1. The number of allylic oxidation sites excluding steroid dienone is 9. The Balaban J connectivity index is 1.31. The SMILES string of the molecule is C=C(CC)OCCCCCC1C=CC(CPc2ccc(OC(=O)C3=CC=C(OC(=O)CCCOC(=C)CC)CC3)cc2)=CC1. The summed E-state index contributed by atoms with van der Waals surface area (Å²) >= 11 is 0. The Bertz CT molecular complexity index is 1240. The molecule has 0 heterocycles. The quantitative estimate of drug-likeness (QED) is 0.0477. The second-order valence-electron chi connectivity index (χ2n) is 11.1. The summed E-state index contributed by atoms with van der Waals surface area (Å²) in [5.41, 5.74) is 1.96. The molecular weight excluding hydrogens is 571 g/mol. The highest BCUT2D eigenvalue weighted by Crippen LogP contribution is 2.27. The molecule has 0 radical (unpaired) electrons. The van der Waals surface area contributed by atoms with E-state index < -0.39 is 0 Å². The average Bonchev–Trinajstić information content (AvgIpc) is 3.05. The molecule has 0 saturated heterocycles. The van der Waals surface area contributed by atoms with Crippen LogP contribution in [-0.2, 0) is 23.8 Å². The van der Waals surface area contributed by atoms with Crippen LogP contribution in [0.3, 0.4) is 0 Å². The van der Waals surface area contributed by atoms with Gasteiger partial charge < -0.3 is 18.9 Å². The van der Waals surface area contributed by atoms with Gasteiger partial charge in [-0.15, -0.1) is 0 Å². The van der Waals surface area contributed by atoms with Gasteiger partial charge in [0.05, 0.1) is 24.7 Å². The van der Waals surface area contributed by atoms with Gasteiger partial charge in [-0.1, -0.05) is 78.8 Å². The van der Waals surface area contributed by atoms with Crippen molar-refractivity contribution in [2.45, 2.75) is 84.5 Å². The van der Waals surface area contributed by atoms with E-state index >= 15 is 0 Å². The molecule has 0 amide bonds. The summed E-state index contributed by atoms with van der Waals surface area (Å²) in [4.78, 5) is 24.7. The smallest absolute Gasteiger partial charge is 0.339 e. The fourth-order valence-corrected chi connectivity index (χ4v) is 5.75. The zero-order valence-electron chi connectivity index (χ0n) is 26.5. The second kappa shape index (κ2) is 19.8. The number of rotatable bonds is 20. The van der Waals surface area contributed by atoms with Gasteiger partial charge in [0.25, 0.3) is 0 Å². The molecule has 6 nitrogen and oxygen atoms in total. The third kappa shape index (κ3) is 13.5. The number of carbonyl (C=O) groups excluding carboxylic acids is 2. The van der Waals surface area contributed by atoms with E-state index in [9.17, 15) is 9.59 Å². The van der Waals surface area contributed by atoms with Crippen LogP contribution in [-0.4, -0.2) is 31.3 Å². The predicted molar refractivity (Wildman–Crippen MR) is 180 cm³/mol. The van der Waals surface area contributed by atoms with Crippen LogP contribution in [0.4, 0.5) is 0 Å². The third-order valence-corrected chi connectivity index (χ3v) is 8.92. The molecule has 2 aliphatic carbocycles. The zero-order chi connectivity index (χ0) is 31.6. The van der Waals surface area contributed by atoms with Crippen LogP contribution in [0.25, 0.3) is 0 Å². The Labute approximate surface area is 265 Å². The lowest BCUT2D eigenvalue weighted by Gasteiger charge is -2.16. The molecule has 1 aromatic carbocycles. The number of hydrogen-bond donors (Lipinski definition) is 0. The topological polar surface area (TPSA) is 71.1 Å². The predicted octanol–water partition coefficient (Wildman–Crippen LogP) is 8.77. The number of benzene rings is 1. The summed E-state index contributed by atoms with van der Waals surface area (Å²) in [6.07, 6.45) is 20.7. The monoisotopic (exact) mass is 620 g/mol. The van der Waals surface area contributed by atoms with Gasteiger partial charge in [-0.2, -0.15) is 0 Å². The molecule has 2 atom stereocenters. The highest BCUT2D eigenvalue weighted by Gasteiger charge is 2.18. The minimum Gasteiger partial charge on any atom is -0.499 e. The van der Waals surface area contributed by atoms with E-state index in [4.69, 9.17) is 18.9 Å². The molecule has 0 spiro atoms. The molecule has 1 aromatic rings. The average molecular weight is 621 g/mol. The molecule has 0 saturated carbocycles. The summed E-state index contributed by atoms with van der Waals surface area (Å²) in [5.74, 6) is 2.65. The highest BCUT2D eigenvalue weighted by atomic mass is 31.1. The molecule has 0 fully saturated rings. The fraction of sp³-hybridized carbons (Fsp3) is 0.459. The lowest BCUT2D eigenvalue weighted by Crippen LogP contribution is -2.14. The van der Waals surface area contributed by atoms with Crippen molar-refractivity contribution in [3.8, 4) is 5.75 Å². The molecule has 2 aliphatic rings. The van der Waals surface area contributed by atoms with Crippen LogP contribution < -0.4 is 10.0 Å². The van der Waals surface area contributed by atoms with E-state index in [0.29, 0.717) is 63.2 Å². The minimum atomic E-state index is -0.377. The van der Waals surface area contributed by atoms with Gasteiger partial charge in [-0.05, 0) is 79.3 Å². The number of ether oxygens (including phenoxy) is 4. The maximum absolute atomic E-state index is 12.7. The maximum atomic E-state index is 12.7. The zero-order valence-corrected chi connectivity index (χ0v) is 27.5. The van der Waals surface area contributed by atoms with Crippen molar-refractivity contribution in [2.75, 3.05) is 19.4 Å². The number of hydrogen-bond acceptors (Lipinski definition) is 6. The summed E-state index contributed by atoms with van der Waals surface area (Å²) in [6.45, 7) is 12.9. The van der Waals surface area contributed by atoms with Crippen molar-refractivity contribution in [1.29, 1.82) is 0 Å². The van der Waals surface area contributed by atoms with Crippen LogP contribution in [0.15, 0.2) is 96.2 Å². The van der Waals surface area contributed by atoms with E-state index in [1.165, 1.54) is 30.1 Å². The van der Waals surface area contributed by atoms with Crippen LogP contribution in [0.5, 0.6) is 5.75 Å². The Morgan fingerprint density at radius 2 is 1.61 bits per heavy atom. The fourth-order valence-electron chi connectivity index (χ4n) is 4.68. The van der Waals surface area contributed by atoms with Gasteiger partial charge in [-0.3, -0.25) is 4.79 Å². The van der Waals surface area contributed by atoms with E-state index in [-0.39, 0.29) is 18.4 Å². The Kier molecular flexibility index (Phi) is 15.8. The highest BCUT2D eigenvalue weighted by molar-refractivity contribution is 7.47. The van der Waals surface area contributed by atoms with E-state index in [2.05, 4.69) is 38.3 Å². The molecule has 0 aromatic heterocycles. The maximum Gasteiger partial charge on any atom is 0.339 e. The molecule has 3 rings (SSSR count). The number of unbranched alkanes of at least 4 members (excludes halogenated alkanes) is 2. The van der Waals surface area contributed by atoms with E-state index in [0.717, 1.165) is 44.2 Å². The molecule has 0 aliphatic heterocycles. The number of esters is 2. The van der Waals surface area contributed by atoms with Crippen molar-refractivity contribution in [1.82, 2.24) is 0 Å². The normalized spacial score (nSPS) is 16.1. The molecule has 2 unspecified atom stereocenters. The first-order valence-electron chi connectivity index (χ1n) is 16.0. The van der Waals surface area contributed by atoms with Gasteiger partial charge in [0.1, 0.15) is 11.5 Å². The number of carbonyl (C=O) groups is 2. The van der Waals surface area contributed by atoms with Crippen molar-refractivity contribution in [2.24, 2.45) is 5.92 Å². The molecular formula is C37H49O6P. The Morgan fingerprint density at radius 3 is 2.25 bits per heavy atom. The second-order valence-corrected chi connectivity index (χ2v) is 12.4.